The first-order valence-electron chi connectivity index (χ1n) is 7.08. The van der Waals surface area contributed by atoms with Crippen LogP contribution in [0, 0.1) is 63.7 Å². The summed E-state index contributed by atoms with van der Waals surface area (Å²) >= 11 is 0. The Morgan fingerprint density at radius 3 is 2.00 bits per heavy atom. The molecular weight excluding hydrogens is 314 g/mol. The zero-order valence-electron chi connectivity index (χ0n) is 12.1. The molecule has 1 aromatic rings. The molecule has 2 fully saturated rings. The van der Waals surface area contributed by atoms with Gasteiger partial charge in [-0.2, -0.15) is 0 Å². The van der Waals surface area contributed by atoms with E-state index >= 15 is 0 Å². The number of nitrogens with zero attached hydrogens (tertiary/aromatic N) is 1. The molecule has 0 spiro atoms. The molecular formula is C19H17FeNO. The minimum atomic E-state index is 0. The molecule has 3 aliphatic rings. The van der Waals surface area contributed by atoms with E-state index in [-0.39, 0.29) is 23.1 Å². The maximum Gasteiger partial charge on any atom is 0.192 e. The molecule has 0 unspecified atom stereocenters. The second kappa shape index (κ2) is 9.37. The third-order valence-corrected chi connectivity index (χ3v) is 3.30. The summed E-state index contributed by atoms with van der Waals surface area (Å²) in [4.78, 5) is 4.60. The predicted octanol–water partition coefficient (Wildman–Crippen LogP) is 3.58. The van der Waals surface area contributed by atoms with Crippen molar-refractivity contribution in [1.29, 1.82) is 0 Å². The van der Waals surface area contributed by atoms with E-state index in [2.05, 4.69) is 17.1 Å². The number of hydrogen-bond acceptors (Lipinski definition) is 2. The Bertz CT molecular complexity index is 442. The Hall–Kier alpha value is -0.791. The summed E-state index contributed by atoms with van der Waals surface area (Å²) in [5, 5.41) is 0. The van der Waals surface area contributed by atoms with Gasteiger partial charge in [0, 0.05) is 17.1 Å². The van der Waals surface area contributed by atoms with Gasteiger partial charge in [0.1, 0.15) is 12.6 Å². The van der Waals surface area contributed by atoms with E-state index in [0.717, 1.165) is 11.8 Å². The SMILES string of the molecule is [CH]1[CH][CH][CH][CH]1.[CH]1[CH][CH][C](C2=N[C@@H](c3ccccc3)CO2)[CH]1.[Fe]. The predicted molar refractivity (Wildman–Crippen MR) is 84.5 cm³/mol. The maximum absolute atomic E-state index is 5.61. The van der Waals surface area contributed by atoms with Gasteiger partial charge in [0.05, 0.1) is 5.92 Å². The summed E-state index contributed by atoms with van der Waals surface area (Å²) in [6.07, 6.45) is 18.0. The number of aliphatic imine (C=N–C) groups is 1. The quantitative estimate of drug-likeness (QED) is 0.759. The molecule has 0 aromatic heterocycles. The molecule has 2 aliphatic carbocycles. The van der Waals surface area contributed by atoms with Gasteiger partial charge >= 0.3 is 0 Å². The fraction of sp³-hybridized carbons (Fsp3) is 0.105. The van der Waals surface area contributed by atoms with Crippen LogP contribution in [0.15, 0.2) is 35.3 Å². The van der Waals surface area contributed by atoms with Crippen LogP contribution in [-0.4, -0.2) is 12.5 Å². The summed E-state index contributed by atoms with van der Waals surface area (Å²) in [5.41, 5.74) is 1.21. The minimum Gasteiger partial charge on any atom is -0.478 e. The molecule has 1 aliphatic heterocycles. The number of ether oxygens (including phenoxy) is 1. The van der Waals surface area contributed by atoms with Crippen molar-refractivity contribution in [3.05, 3.63) is 99.6 Å². The van der Waals surface area contributed by atoms with Crippen LogP contribution in [0.5, 0.6) is 0 Å². The van der Waals surface area contributed by atoms with Crippen molar-refractivity contribution >= 4 is 5.90 Å². The zero-order chi connectivity index (χ0) is 14.3. The number of benzene rings is 1. The number of rotatable bonds is 2. The van der Waals surface area contributed by atoms with E-state index < -0.39 is 0 Å². The summed E-state index contributed by atoms with van der Waals surface area (Å²) in [5.74, 6) is 1.83. The van der Waals surface area contributed by atoms with Gasteiger partial charge in [-0.25, -0.2) is 4.99 Å². The van der Waals surface area contributed by atoms with Crippen LogP contribution in [0.4, 0.5) is 0 Å². The molecule has 112 valence electrons. The van der Waals surface area contributed by atoms with Gasteiger partial charge in [0.15, 0.2) is 5.90 Å². The first-order valence-corrected chi connectivity index (χ1v) is 7.08. The fourth-order valence-corrected chi connectivity index (χ4v) is 2.22. The van der Waals surface area contributed by atoms with Gasteiger partial charge in [-0.1, -0.05) is 30.3 Å². The minimum absolute atomic E-state index is 0. The van der Waals surface area contributed by atoms with E-state index in [1.807, 2.05) is 76.0 Å². The Morgan fingerprint density at radius 2 is 1.41 bits per heavy atom. The Morgan fingerprint density at radius 1 is 0.818 bits per heavy atom. The molecule has 0 amide bonds. The fourth-order valence-electron chi connectivity index (χ4n) is 2.22. The molecule has 3 heteroatoms. The van der Waals surface area contributed by atoms with Crippen LogP contribution in [0.25, 0.3) is 0 Å². The van der Waals surface area contributed by atoms with Crippen molar-refractivity contribution < 1.29 is 21.8 Å². The van der Waals surface area contributed by atoms with E-state index in [0.29, 0.717) is 6.61 Å². The van der Waals surface area contributed by atoms with Crippen molar-refractivity contribution in [1.82, 2.24) is 0 Å². The molecule has 0 saturated heterocycles. The smallest absolute Gasteiger partial charge is 0.192 e. The average molecular weight is 331 g/mol. The van der Waals surface area contributed by atoms with Crippen LogP contribution >= 0.6 is 0 Å². The monoisotopic (exact) mass is 331 g/mol. The Labute approximate surface area is 145 Å². The van der Waals surface area contributed by atoms with Gasteiger partial charge in [-0.05, 0) is 63.4 Å². The van der Waals surface area contributed by atoms with Crippen molar-refractivity contribution in [3.63, 3.8) is 0 Å². The number of hydrogen-bond donors (Lipinski definition) is 0. The average Bonchev–Trinajstić information content (AvgIpc) is 3.30. The maximum atomic E-state index is 5.61. The van der Waals surface area contributed by atoms with Gasteiger partial charge < -0.3 is 4.74 Å². The van der Waals surface area contributed by atoms with E-state index in [1.165, 1.54) is 5.56 Å². The largest absolute Gasteiger partial charge is 0.478 e. The molecule has 1 atom stereocenters. The standard InChI is InChI=1S/C14H12NO.C5H5.Fe/c1-2-6-11(7-3-1)13-10-16-14(15-13)12-8-4-5-9-12;1-2-4-5-3-1;/h1-9,13H,10H2;1-5H;/t13-;;/m1../s1. The van der Waals surface area contributed by atoms with Gasteiger partial charge in [-0.15, -0.1) is 0 Å². The van der Waals surface area contributed by atoms with Gasteiger partial charge in [0.25, 0.3) is 0 Å². The van der Waals surface area contributed by atoms with Crippen LogP contribution < -0.4 is 0 Å². The van der Waals surface area contributed by atoms with Crippen LogP contribution in [0.2, 0.25) is 0 Å². The molecule has 1 heterocycles. The van der Waals surface area contributed by atoms with Crippen molar-refractivity contribution in [2.75, 3.05) is 6.61 Å². The zero-order valence-corrected chi connectivity index (χ0v) is 13.2. The molecule has 2 nitrogen and oxygen atoms in total. The molecule has 4 rings (SSSR count). The van der Waals surface area contributed by atoms with Crippen LogP contribution in [0.3, 0.4) is 0 Å². The second-order valence-corrected chi connectivity index (χ2v) is 4.81. The first-order chi connectivity index (χ1) is 10.4. The summed E-state index contributed by atoms with van der Waals surface area (Å²) in [6.45, 7) is 0.643. The summed E-state index contributed by atoms with van der Waals surface area (Å²) in [6, 6.07) is 10.4. The van der Waals surface area contributed by atoms with E-state index in [9.17, 15) is 0 Å². The third kappa shape index (κ3) is 4.86. The third-order valence-electron chi connectivity index (χ3n) is 3.30. The summed E-state index contributed by atoms with van der Waals surface area (Å²) < 4.78 is 5.61. The van der Waals surface area contributed by atoms with Crippen molar-refractivity contribution in [2.24, 2.45) is 4.99 Å². The molecule has 0 N–H and O–H groups in total. The topological polar surface area (TPSA) is 21.6 Å². The first kappa shape index (κ1) is 17.6. The van der Waals surface area contributed by atoms with Crippen molar-refractivity contribution in [3.8, 4) is 0 Å². The molecule has 1 aromatic carbocycles. The van der Waals surface area contributed by atoms with Gasteiger partial charge in [0.2, 0.25) is 0 Å². The molecule has 10 radical (unpaired) electrons. The second-order valence-electron chi connectivity index (χ2n) is 4.81. The molecule has 22 heavy (non-hydrogen) atoms. The molecule has 0 bridgehead atoms. The van der Waals surface area contributed by atoms with Crippen LogP contribution in [0.1, 0.15) is 11.6 Å². The summed E-state index contributed by atoms with van der Waals surface area (Å²) in [7, 11) is 0. The Kier molecular flexibility index (Phi) is 7.48. The van der Waals surface area contributed by atoms with Crippen LogP contribution in [-0.2, 0) is 21.8 Å². The van der Waals surface area contributed by atoms with E-state index in [1.54, 1.807) is 0 Å². The van der Waals surface area contributed by atoms with Gasteiger partial charge in [-0.3, -0.25) is 0 Å². The molecule has 2 saturated carbocycles. The van der Waals surface area contributed by atoms with Crippen molar-refractivity contribution in [2.45, 2.75) is 6.04 Å². The van der Waals surface area contributed by atoms with E-state index in [4.69, 9.17) is 4.74 Å². The normalized spacial score (nSPS) is 24.0. The Balaban J connectivity index is 0.000000253.